The van der Waals surface area contributed by atoms with Crippen LogP contribution in [-0.4, -0.2) is 28.9 Å². The Hall–Kier alpha value is -1.33. The van der Waals surface area contributed by atoms with E-state index in [1.54, 1.807) is 6.92 Å². The van der Waals surface area contributed by atoms with Gasteiger partial charge in [0.1, 0.15) is 0 Å². The van der Waals surface area contributed by atoms with Crippen LogP contribution in [-0.2, 0) is 4.79 Å². The predicted octanol–water partition coefficient (Wildman–Crippen LogP) is 2.81. The van der Waals surface area contributed by atoms with Crippen molar-refractivity contribution >= 4 is 35.0 Å². The third-order valence-electron chi connectivity index (χ3n) is 4.84. The van der Waals surface area contributed by atoms with Gasteiger partial charge in [-0.05, 0) is 37.5 Å². The van der Waals surface area contributed by atoms with E-state index in [0.717, 1.165) is 25.7 Å². The maximum Gasteiger partial charge on any atom is 0.254 e. The Morgan fingerprint density at radius 3 is 1.96 bits per heavy atom. The second kappa shape index (κ2) is 6.65. The Balaban J connectivity index is 1.58. The summed E-state index contributed by atoms with van der Waals surface area (Å²) in [5.74, 6) is 0.897. The van der Waals surface area contributed by atoms with Crippen LogP contribution < -0.4 is 10.6 Å². The van der Waals surface area contributed by atoms with Gasteiger partial charge in [-0.2, -0.15) is 0 Å². The van der Waals surface area contributed by atoms with Crippen LogP contribution in [0.15, 0.2) is 12.4 Å². The highest BCUT2D eigenvalue weighted by molar-refractivity contribution is 6.39. The number of nitrogens with one attached hydrogen (secondary N) is 2. The van der Waals surface area contributed by atoms with Gasteiger partial charge in [0, 0.05) is 31.4 Å². The molecule has 1 heterocycles. The molecular formula is C16H19Cl2N3O2. The SMILES string of the molecule is CC(=O)NC1C[C@@H]2CC(NC(=O)c3c(Cl)cncc3Cl)C[C@@H]2C1. The lowest BCUT2D eigenvalue weighted by atomic mass is 10.0. The van der Waals surface area contributed by atoms with Gasteiger partial charge in [-0.15, -0.1) is 0 Å². The largest absolute Gasteiger partial charge is 0.354 e. The lowest BCUT2D eigenvalue weighted by Gasteiger charge is -2.17. The van der Waals surface area contributed by atoms with Gasteiger partial charge in [0.15, 0.2) is 0 Å². The van der Waals surface area contributed by atoms with Crippen LogP contribution in [0.5, 0.6) is 0 Å². The zero-order valence-corrected chi connectivity index (χ0v) is 14.3. The first-order valence-corrected chi connectivity index (χ1v) is 8.56. The predicted molar refractivity (Wildman–Crippen MR) is 88.6 cm³/mol. The number of fused-ring (bicyclic) bond motifs is 1. The summed E-state index contributed by atoms with van der Waals surface area (Å²) in [6, 6.07) is 0.416. The molecule has 2 saturated carbocycles. The molecule has 2 N–H and O–H groups in total. The molecular weight excluding hydrogens is 337 g/mol. The third kappa shape index (κ3) is 3.61. The highest BCUT2D eigenvalue weighted by Crippen LogP contribution is 2.44. The van der Waals surface area contributed by atoms with Crippen molar-refractivity contribution in [3.63, 3.8) is 0 Å². The number of carbonyl (C=O) groups excluding carboxylic acids is 2. The van der Waals surface area contributed by atoms with Gasteiger partial charge < -0.3 is 10.6 Å². The van der Waals surface area contributed by atoms with E-state index in [1.165, 1.54) is 12.4 Å². The zero-order chi connectivity index (χ0) is 16.6. The lowest BCUT2D eigenvalue weighted by molar-refractivity contribution is -0.119. The second-order valence-corrected chi connectivity index (χ2v) is 7.32. The maximum absolute atomic E-state index is 12.4. The molecule has 2 aliphatic rings. The van der Waals surface area contributed by atoms with Crippen molar-refractivity contribution in [2.24, 2.45) is 11.8 Å². The average Bonchev–Trinajstić information content (AvgIpc) is 2.95. The van der Waals surface area contributed by atoms with E-state index < -0.39 is 0 Å². The first kappa shape index (κ1) is 16.5. The number of amides is 2. The minimum atomic E-state index is -0.245. The number of rotatable bonds is 3. The Morgan fingerprint density at radius 1 is 1.00 bits per heavy atom. The average molecular weight is 356 g/mol. The van der Waals surface area contributed by atoms with Crippen LogP contribution in [0.4, 0.5) is 0 Å². The number of pyridine rings is 1. The van der Waals surface area contributed by atoms with E-state index in [9.17, 15) is 9.59 Å². The van der Waals surface area contributed by atoms with E-state index in [4.69, 9.17) is 23.2 Å². The molecule has 2 amide bonds. The molecule has 0 bridgehead atoms. The molecule has 2 aliphatic carbocycles. The van der Waals surface area contributed by atoms with Crippen molar-refractivity contribution < 1.29 is 9.59 Å². The molecule has 4 atom stereocenters. The molecule has 2 fully saturated rings. The summed E-state index contributed by atoms with van der Waals surface area (Å²) >= 11 is 12.1. The normalized spacial score (nSPS) is 29.2. The van der Waals surface area contributed by atoms with Gasteiger partial charge in [0.05, 0.1) is 15.6 Å². The van der Waals surface area contributed by atoms with Gasteiger partial charge in [0.25, 0.3) is 5.91 Å². The van der Waals surface area contributed by atoms with E-state index in [2.05, 4.69) is 15.6 Å². The fourth-order valence-electron chi connectivity index (χ4n) is 4.03. The fourth-order valence-corrected chi connectivity index (χ4v) is 4.56. The Bertz CT molecular complexity index is 604. The van der Waals surface area contributed by atoms with E-state index in [0.29, 0.717) is 11.8 Å². The highest BCUT2D eigenvalue weighted by Gasteiger charge is 2.42. The number of nitrogens with zero attached hydrogens (tertiary/aromatic N) is 1. The number of hydrogen-bond acceptors (Lipinski definition) is 3. The molecule has 0 aliphatic heterocycles. The summed E-state index contributed by atoms with van der Waals surface area (Å²) in [4.78, 5) is 27.4. The van der Waals surface area contributed by atoms with Gasteiger partial charge in [-0.25, -0.2) is 0 Å². The summed E-state index contributed by atoms with van der Waals surface area (Å²) in [5, 5.41) is 6.56. The van der Waals surface area contributed by atoms with Crippen molar-refractivity contribution in [2.45, 2.75) is 44.7 Å². The molecule has 124 valence electrons. The molecule has 7 heteroatoms. The number of aromatic nitrogens is 1. The molecule has 1 aromatic heterocycles. The van der Waals surface area contributed by atoms with Crippen LogP contribution in [0.3, 0.4) is 0 Å². The standard InChI is InChI=1S/C16H19Cl2N3O2/c1-8(22)20-11-2-9-4-12(5-10(9)3-11)21-16(23)15-13(17)6-19-7-14(15)18/h6-7,9-12H,2-5H2,1H3,(H,20,22)(H,21,23)/t9-,10+,11?,12?. The molecule has 3 rings (SSSR count). The van der Waals surface area contributed by atoms with Crippen LogP contribution in [0, 0.1) is 11.8 Å². The van der Waals surface area contributed by atoms with Gasteiger partial charge >= 0.3 is 0 Å². The van der Waals surface area contributed by atoms with E-state index >= 15 is 0 Å². The third-order valence-corrected chi connectivity index (χ3v) is 5.41. The van der Waals surface area contributed by atoms with Crippen molar-refractivity contribution in [1.82, 2.24) is 15.6 Å². The molecule has 5 nitrogen and oxygen atoms in total. The minimum Gasteiger partial charge on any atom is -0.354 e. The summed E-state index contributed by atoms with van der Waals surface area (Å²) < 4.78 is 0. The topological polar surface area (TPSA) is 71.1 Å². The molecule has 23 heavy (non-hydrogen) atoms. The number of carbonyl (C=O) groups is 2. The molecule has 0 aromatic carbocycles. The molecule has 1 aromatic rings. The zero-order valence-electron chi connectivity index (χ0n) is 12.8. The Kier molecular flexibility index (Phi) is 4.78. The summed E-state index contributed by atoms with van der Waals surface area (Å²) in [6.07, 6.45) is 6.70. The van der Waals surface area contributed by atoms with Crippen molar-refractivity contribution in [3.8, 4) is 0 Å². The van der Waals surface area contributed by atoms with Crippen LogP contribution >= 0.6 is 23.2 Å². The van der Waals surface area contributed by atoms with Crippen molar-refractivity contribution in [2.75, 3.05) is 0 Å². The first-order valence-electron chi connectivity index (χ1n) is 7.81. The van der Waals surface area contributed by atoms with Gasteiger partial charge in [-0.1, -0.05) is 23.2 Å². The van der Waals surface area contributed by atoms with Crippen LogP contribution in [0.1, 0.15) is 43.0 Å². The maximum atomic E-state index is 12.4. The monoisotopic (exact) mass is 355 g/mol. The number of hydrogen-bond donors (Lipinski definition) is 2. The first-order chi connectivity index (χ1) is 10.9. The molecule has 2 unspecified atom stereocenters. The second-order valence-electron chi connectivity index (χ2n) is 6.51. The number of halogens is 2. The van der Waals surface area contributed by atoms with Crippen LogP contribution in [0.25, 0.3) is 0 Å². The summed E-state index contributed by atoms with van der Waals surface area (Å²) in [6.45, 7) is 1.55. The highest BCUT2D eigenvalue weighted by atomic mass is 35.5. The quantitative estimate of drug-likeness (QED) is 0.875. The van der Waals surface area contributed by atoms with Gasteiger partial charge in [-0.3, -0.25) is 14.6 Å². The van der Waals surface area contributed by atoms with E-state index in [1.807, 2.05) is 0 Å². The smallest absolute Gasteiger partial charge is 0.254 e. The van der Waals surface area contributed by atoms with Gasteiger partial charge in [0.2, 0.25) is 5.91 Å². The fraction of sp³-hybridized carbons (Fsp3) is 0.562. The minimum absolute atomic E-state index is 0.0294. The van der Waals surface area contributed by atoms with E-state index in [-0.39, 0.29) is 39.5 Å². The summed E-state index contributed by atoms with van der Waals surface area (Å²) in [7, 11) is 0. The lowest BCUT2D eigenvalue weighted by Crippen LogP contribution is -2.35. The van der Waals surface area contributed by atoms with Crippen LogP contribution in [0.2, 0.25) is 10.0 Å². The molecule has 0 radical (unpaired) electrons. The Morgan fingerprint density at radius 2 is 1.48 bits per heavy atom. The molecule has 0 saturated heterocycles. The molecule has 0 spiro atoms. The van der Waals surface area contributed by atoms with Crippen molar-refractivity contribution in [3.05, 3.63) is 28.0 Å². The van der Waals surface area contributed by atoms with Crippen molar-refractivity contribution in [1.29, 1.82) is 0 Å². The summed E-state index contributed by atoms with van der Waals surface area (Å²) in [5.41, 5.74) is 0.288. The Labute approximate surface area is 145 Å².